The molecule has 1 amide bonds. The summed E-state index contributed by atoms with van der Waals surface area (Å²) in [5.74, 6) is -0.273. The van der Waals surface area contributed by atoms with Crippen LogP contribution in [0, 0.1) is 11.3 Å². The number of rotatable bonds is 8. The molecule has 35 heavy (non-hydrogen) atoms. The first kappa shape index (κ1) is 28.9. The number of aromatic nitrogens is 1. The molecule has 1 aromatic rings. The highest BCUT2D eigenvalue weighted by Gasteiger charge is 2.30. The Hall–Kier alpha value is -2.31. The lowest BCUT2D eigenvalue weighted by atomic mass is 10.1. The maximum absolute atomic E-state index is 12.4. The second-order valence-electron chi connectivity index (χ2n) is 8.98. The van der Waals surface area contributed by atoms with Gasteiger partial charge in [0.2, 0.25) is 5.91 Å². The Kier molecular flexibility index (Phi) is 10.4. The third-order valence-electron chi connectivity index (χ3n) is 5.38. The van der Waals surface area contributed by atoms with Crippen LogP contribution in [0.5, 0.6) is 0 Å². The van der Waals surface area contributed by atoms with Gasteiger partial charge in [-0.05, 0) is 33.6 Å². The third kappa shape index (κ3) is 9.69. The smallest absolute Gasteiger partial charge is 0.323 e. The van der Waals surface area contributed by atoms with E-state index in [1.54, 1.807) is 23.2 Å². The van der Waals surface area contributed by atoms with E-state index in [9.17, 15) is 18.0 Å². The Labute approximate surface area is 210 Å². The number of fused-ring (bicyclic) bond motifs is 1. The average molecular weight is 531 g/mol. The molecule has 1 fully saturated rings. The number of carbonyl (C=O) groups is 2. The molecule has 14 heteroatoms. The number of amides is 1. The number of esters is 1. The van der Waals surface area contributed by atoms with E-state index in [-0.39, 0.29) is 36.0 Å². The highest BCUT2D eigenvalue weighted by molar-refractivity contribution is 7.85. The Morgan fingerprint density at radius 2 is 2.11 bits per heavy atom. The first-order valence-electron chi connectivity index (χ1n) is 11.3. The van der Waals surface area contributed by atoms with E-state index in [0.29, 0.717) is 38.9 Å². The van der Waals surface area contributed by atoms with E-state index in [2.05, 4.69) is 27.0 Å². The molecule has 1 saturated heterocycles. The molecule has 0 saturated carbocycles. The highest BCUT2D eigenvalue weighted by atomic mass is 32.2. The Morgan fingerprint density at radius 3 is 2.74 bits per heavy atom. The van der Waals surface area contributed by atoms with E-state index in [1.165, 1.54) is 0 Å². The molecule has 196 valence electrons. The Bertz CT molecular complexity index is 1030. The first-order valence-corrected chi connectivity index (χ1v) is 14.0. The van der Waals surface area contributed by atoms with Gasteiger partial charge in [-0.25, -0.2) is 4.98 Å². The van der Waals surface area contributed by atoms with Gasteiger partial charge in [0.1, 0.15) is 12.1 Å². The molecular formula is C21H34N6O6S2. The predicted molar refractivity (Wildman–Crippen MR) is 131 cm³/mol. The number of likely N-dealkylation sites (tertiary alicyclic amines) is 1. The standard InChI is InChI=1S/C20H30N6O3S.CH4O3S/c1-4-29-18(28)15-8-14-16(10-22-15)30-19(25-14)23-12-20(2,3)24-11-17(27)26-7-5-6-13(26)9-21;1-5(2,3)4/h13,15,22,24H,4-8,10-12H2,1-3H3,(H,23,25);1H3,(H,2,3,4)/t13-,15?;/m0./s1. The van der Waals surface area contributed by atoms with Crippen LogP contribution in [0.2, 0.25) is 0 Å². The van der Waals surface area contributed by atoms with Crippen molar-refractivity contribution in [3.8, 4) is 6.07 Å². The number of nitrogens with one attached hydrogen (secondary N) is 3. The van der Waals surface area contributed by atoms with Crippen molar-refractivity contribution in [1.29, 1.82) is 5.26 Å². The van der Waals surface area contributed by atoms with Gasteiger partial charge in [0.05, 0.1) is 31.2 Å². The molecule has 2 aliphatic heterocycles. The lowest BCUT2D eigenvalue weighted by Gasteiger charge is -2.28. The summed E-state index contributed by atoms with van der Waals surface area (Å²) in [6.07, 6.45) is 2.88. The van der Waals surface area contributed by atoms with Gasteiger partial charge in [-0.3, -0.25) is 19.5 Å². The fourth-order valence-corrected chi connectivity index (χ4v) is 4.56. The molecule has 3 rings (SSSR count). The van der Waals surface area contributed by atoms with Crippen molar-refractivity contribution in [2.24, 2.45) is 0 Å². The molecule has 0 spiro atoms. The molecule has 2 atom stereocenters. The summed E-state index contributed by atoms with van der Waals surface area (Å²) in [5, 5.41) is 19.8. The van der Waals surface area contributed by atoms with Gasteiger partial charge >= 0.3 is 5.97 Å². The van der Waals surface area contributed by atoms with Crippen molar-refractivity contribution in [1.82, 2.24) is 20.5 Å². The highest BCUT2D eigenvalue weighted by Crippen LogP contribution is 2.27. The van der Waals surface area contributed by atoms with Crippen LogP contribution in [0.15, 0.2) is 0 Å². The zero-order valence-corrected chi connectivity index (χ0v) is 22.1. The number of hydrogen-bond acceptors (Lipinski definition) is 11. The van der Waals surface area contributed by atoms with E-state index in [0.717, 1.165) is 28.5 Å². The van der Waals surface area contributed by atoms with Gasteiger partial charge in [0, 0.05) is 36.5 Å². The van der Waals surface area contributed by atoms with Crippen LogP contribution in [-0.2, 0) is 37.4 Å². The van der Waals surface area contributed by atoms with Crippen LogP contribution in [0.25, 0.3) is 0 Å². The van der Waals surface area contributed by atoms with Crippen molar-refractivity contribution in [3.05, 3.63) is 10.6 Å². The average Bonchev–Trinajstić information content (AvgIpc) is 3.41. The summed E-state index contributed by atoms with van der Waals surface area (Å²) >= 11 is 1.58. The third-order valence-corrected chi connectivity index (χ3v) is 6.43. The number of nitriles is 1. The number of nitrogens with zero attached hydrogens (tertiary/aromatic N) is 3. The van der Waals surface area contributed by atoms with Crippen LogP contribution >= 0.6 is 11.3 Å². The van der Waals surface area contributed by atoms with Gasteiger partial charge in [-0.2, -0.15) is 13.7 Å². The van der Waals surface area contributed by atoms with E-state index in [1.807, 2.05) is 13.8 Å². The Morgan fingerprint density at radius 1 is 1.43 bits per heavy atom. The number of ether oxygens (including phenoxy) is 1. The molecule has 1 unspecified atom stereocenters. The summed E-state index contributed by atoms with van der Waals surface area (Å²) < 4.78 is 31.0. The zero-order chi connectivity index (χ0) is 26.2. The summed E-state index contributed by atoms with van der Waals surface area (Å²) in [6, 6.07) is 1.56. The Balaban J connectivity index is 0.000000784. The zero-order valence-electron chi connectivity index (χ0n) is 20.5. The minimum Gasteiger partial charge on any atom is -0.465 e. The van der Waals surface area contributed by atoms with Gasteiger partial charge < -0.3 is 20.3 Å². The minimum atomic E-state index is -3.67. The van der Waals surface area contributed by atoms with Crippen molar-refractivity contribution in [3.63, 3.8) is 0 Å². The second kappa shape index (κ2) is 12.6. The lowest BCUT2D eigenvalue weighted by Crippen LogP contribution is -2.50. The lowest BCUT2D eigenvalue weighted by molar-refractivity contribution is -0.145. The summed E-state index contributed by atoms with van der Waals surface area (Å²) in [4.78, 5) is 31.8. The largest absolute Gasteiger partial charge is 0.465 e. The fraction of sp³-hybridized carbons (Fsp3) is 0.714. The molecular weight excluding hydrogens is 496 g/mol. The summed E-state index contributed by atoms with van der Waals surface area (Å²) in [7, 11) is -3.67. The van der Waals surface area contributed by atoms with Gasteiger partial charge in [0.25, 0.3) is 10.1 Å². The molecule has 3 heterocycles. The van der Waals surface area contributed by atoms with Gasteiger partial charge in [-0.1, -0.05) is 0 Å². The number of carbonyl (C=O) groups excluding carboxylic acids is 2. The van der Waals surface area contributed by atoms with E-state index < -0.39 is 10.1 Å². The SMILES string of the molecule is CCOC(=O)C1Cc2nc(NCC(C)(C)NCC(=O)N3CCC[C@H]3C#N)sc2CN1.CS(=O)(=O)O. The number of hydrogen-bond donors (Lipinski definition) is 4. The van der Waals surface area contributed by atoms with Gasteiger partial charge in [-0.15, -0.1) is 11.3 Å². The minimum absolute atomic E-state index is 0.0343. The first-order chi connectivity index (χ1) is 16.3. The van der Waals surface area contributed by atoms with Gasteiger partial charge in [0.15, 0.2) is 5.13 Å². The number of anilines is 1. The van der Waals surface area contributed by atoms with Crippen LogP contribution in [0.1, 0.15) is 44.2 Å². The molecule has 2 aliphatic rings. The maximum atomic E-state index is 12.4. The second-order valence-corrected chi connectivity index (χ2v) is 11.5. The van der Waals surface area contributed by atoms with Crippen molar-refractivity contribution < 1.29 is 27.3 Å². The van der Waals surface area contributed by atoms with E-state index in [4.69, 9.17) is 14.6 Å². The quantitative estimate of drug-likeness (QED) is 0.272. The van der Waals surface area contributed by atoms with Crippen LogP contribution in [0.4, 0.5) is 5.13 Å². The van der Waals surface area contributed by atoms with Crippen LogP contribution in [0.3, 0.4) is 0 Å². The van der Waals surface area contributed by atoms with Crippen molar-refractivity contribution in [2.75, 3.05) is 37.8 Å². The number of thiazole rings is 1. The molecule has 0 bridgehead atoms. The predicted octanol–water partition coefficient (Wildman–Crippen LogP) is 0.519. The normalized spacial score (nSPS) is 19.7. The van der Waals surface area contributed by atoms with E-state index >= 15 is 0 Å². The molecule has 4 N–H and O–H groups in total. The van der Waals surface area contributed by atoms with Crippen LogP contribution < -0.4 is 16.0 Å². The molecule has 1 aromatic heterocycles. The molecule has 12 nitrogen and oxygen atoms in total. The molecule has 0 aliphatic carbocycles. The van der Waals surface area contributed by atoms with Crippen molar-refractivity contribution >= 4 is 38.5 Å². The monoisotopic (exact) mass is 530 g/mol. The molecule has 0 radical (unpaired) electrons. The van der Waals surface area contributed by atoms with Crippen LogP contribution in [-0.4, -0.2) is 84.9 Å². The van der Waals surface area contributed by atoms with Crippen molar-refractivity contribution in [2.45, 2.75) is 64.2 Å². The topological polar surface area (TPSA) is 174 Å². The maximum Gasteiger partial charge on any atom is 0.323 e. The fourth-order valence-electron chi connectivity index (χ4n) is 3.62. The molecule has 0 aromatic carbocycles. The summed E-state index contributed by atoms with van der Waals surface area (Å²) in [5.41, 5.74) is 0.590. The summed E-state index contributed by atoms with van der Waals surface area (Å²) in [6.45, 7) is 8.25.